The number of nitrogens with one attached hydrogen (secondary N) is 3. The minimum Gasteiger partial charge on any atom is -0.540 e. The van der Waals surface area contributed by atoms with E-state index in [1.165, 1.54) is 6.42 Å². The summed E-state index contributed by atoms with van der Waals surface area (Å²) in [6.07, 6.45) is 35.7. The largest absolute Gasteiger partial charge is 0.540 e. The second-order valence-corrected chi connectivity index (χ2v) is 42.8. The maximum atomic E-state index is 14.5. The van der Waals surface area contributed by atoms with E-state index < -0.39 is 100 Å². The van der Waals surface area contributed by atoms with Crippen molar-refractivity contribution in [3.8, 4) is 34.9 Å². The Morgan fingerprint density at radius 2 is 0.727 bits per heavy atom. The molecule has 13 aliphatic rings. The van der Waals surface area contributed by atoms with Gasteiger partial charge in [0.1, 0.15) is 88.1 Å². The molecule has 9 heterocycles. The van der Waals surface area contributed by atoms with Gasteiger partial charge in [-0.15, -0.1) is 0 Å². The van der Waals surface area contributed by atoms with Crippen molar-refractivity contribution in [1.82, 2.24) is 60.6 Å². The van der Waals surface area contributed by atoms with Gasteiger partial charge in [0.25, 0.3) is 0 Å². The Morgan fingerprint density at radius 1 is 0.381 bits per heavy atom. The van der Waals surface area contributed by atoms with Gasteiger partial charge >= 0.3 is 18.3 Å². The van der Waals surface area contributed by atoms with Crippen LogP contribution in [0.3, 0.4) is 0 Å². The van der Waals surface area contributed by atoms with Crippen molar-refractivity contribution >= 4 is 88.0 Å². The number of fused-ring (bicyclic) bond motifs is 17. The number of carbonyl (C=O) groups excluding carboxylic acids is 9. The standard InChI is InChI=1S/C36H47N4O6.C36H49N4O6.C34H45N4O6.3V.3H2/c1-4-23-29(20-41)40-19-31(23)45-33-27(37-26-13-12-22(44-3)18-28(26)38-33)11-7-5-6-10-24-25-16-21(25)17-30(24)46-35(43)39-32(34(40)42)36(2)14-8-9-15-36;1-5-25-29(22-41)40-21-30(25)45-32-27(37-26-16-15-24(44-4)20-28(26)38-32)14-8-6-7-12-23-13-11-19-36(23,3)46-34(43)39-31(33(40)42)35(2)17-9-10-18-35;1-5-23-27(20-39)38-19-28(23)43-30-25(35-24-14-13-22(42-4)17-26(24)36-30)12-8-6-7-11-21-18-34(21,3)44-32(41)37-29(31(38)40)33(2)15-9-10-16-33;;;;;;/h12-13,18,21,23-25,29-32H,4-11,14-17,19H2,1-3H3,(H,39,43);15-16,20,23,25,29-31H,5-14,17-19,21H2,1-4H3,(H,39,43);13-14,17,21,23,27-29H,5-12,15-16,18-19H2,1-4H3,(H,37,41);;;;3*1H/q3*-1;;;;;;/t21?,23-,24+,25?,29+,30+,31-,32+;23-,25+,29-,30+,31-,36-;21-,23+,27-,28+,29-,34-;;;;;;/m011....../s1. The van der Waals surface area contributed by atoms with Crippen LogP contribution in [0.1, 0.15) is 289 Å². The van der Waals surface area contributed by atoms with E-state index in [-0.39, 0.29) is 127 Å². The van der Waals surface area contributed by atoms with Crippen molar-refractivity contribution in [2.24, 2.45) is 63.6 Å². The molecule has 10 fully saturated rings. The van der Waals surface area contributed by atoms with Gasteiger partial charge in [0, 0.05) is 84.1 Å². The number of hydrogen-bond donors (Lipinski definition) is 3. The molecule has 3 saturated heterocycles. The number of methoxy groups -OCH3 is 3. The fraction of sp³-hybridized carbons (Fsp3) is 0.689. The molecule has 3 aromatic heterocycles. The molecule has 3 radical (unpaired) electrons. The van der Waals surface area contributed by atoms with Crippen LogP contribution in [0.2, 0.25) is 0 Å². The topological polar surface area (TPSA) is 360 Å². The Bertz CT molecular complexity index is 5290. The SMILES string of the molecule is CC[C@@H]1[C@@H]2CN(C(=O)[C@H](C3(C)CCCC3)NC(=O)O[C@@H]3CC4CC4[C@H]3CCCCCc3nc4ccc(OC)cc4nc3O2)[C@@H]1[C-]=O.CC[C@@H]1[C@@H]2CN(C(=O)[C@H](C3(C)CCCC3)NC(=O)O[C@]3(C)CCC[C@H]3CCCCCc3nc4ccc(OC)cc4nc3O2)[C@@H]1[C-]=O.CC[C@@H]1[C@@H]2CN(C(=O)[C@H](C3(C)CCCC3)NC(=O)O[C@]3(C)C[C@H]3CCCCCc3nc4ccc(OC)cc4nc3O2)[C@@H]1[C-]=O.[HH].[HH].[HH].[V].[V].[V]. The van der Waals surface area contributed by atoms with Gasteiger partial charge in [-0.25, -0.2) is 63.1 Å². The summed E-state index contributed by atoms with van der Waals surface area (Å²) in [5, 5.41) is 9.07. The number of benzene rings is 3. The van der Waals surface area contributed by atoms with Crippen LogP contribution in [0.5, 0.6) is 34.9 Å². The fourth-order valence-corrected chi connectivity index (χ4v) is 25.5. The van der Waals surface area contributed by atoms with Crippen LogP contribution in [-0.2, 0) is 118 Å². The molecule has 2 unspecified atom stereocenters. The Kier molecular flexibility index (Phi) is 34.9. The Labute approximate surface area is 858 Å². The molecule has 6 aromatic rings. The number of hydrogen-bond acceptors (Lipinski definition) is 24. The molecule has 19 rings (SSSR count). The van der Waals surface area contributed by atoms with Gasteiger partial charge in [-0.05, 0) is 243 Å². The molecule has 6 bridgehead atoms. The third-order valence-electron chi connectivity index (χ3n) is 34.1. The average Bonchev–Trinajstić information content (AvgIpc) is 1.60. The first kappa shape index (κ1) is 106. The van der Waals surface area contributed by atoms with Crippen LogP contribution < -0.4 is 44.4 Å². The first-order chi connectivity index (χ1) is 65.7. The summed E-state index contributed by atoms with van der Waals surface area (Å²) >= 11 is 0. The van der Waals surface area contributed by atoms with Crippen molar-refractivity contribution in [2.45, 2.75) is 358 Å². The van der Waals surface area contributed by atoms with Crippen LogP contribution in [-0.4, -0.2) is 212 Å². The van der Waals surface area contributed by atoms with E-state index in [1.54, 1.807) is 36.0 Å². The van der Waals surface area contributed by atoms with Crippen molar-refractivity contribution in [3.63, 3.8) is 0 Å². The molecule has 757 valence electrons. The van der Waals surface area contributed by atoms with E-state index in [9.17, 15) is 43.2 Å². The van der Waals surface area contributed by atoms with Gasteiger partial charge in [-0.1, -0.05) is 156 Å². The van der Waals surface area contributed by atoms with E-state index in [0.29, 0.717) is 114 Å². The Balaban J connectivity index is 0.000000199. The zero-order chi connectivity index (χ0) is 95.5. The van der Waals surface area contributed by atoms with Gasteiger partial charge in [-0.2, -0.15) is 0 Å². The molecule has 20 atom stereocenters. The van der Waals surface area contributed by atoms with Crippen LogP contribution in [0.15, 0.2) is 54.6 Å². The maximum absolute atomic E-state index is 14.5. The second kappa shape index (κ2) is 45.6. The second-order valence-electron chi connectivity index (χ2n) is 42.8. The van der Waals surface area contributed by atoms with Gasteiger partial charge in [0.2, 0.25) is 35.4 Å². The van der Waals surface area contributed by atoms with E-state index in [1.807, 2.05) is 89.2 Å². The number of alkyl carbamates (subject to hydrolysis) is 3. The average molecular weight is 2030 g/mol. The minimum absolute atomic E-state index is 0. The number of nitrogens with zero attached hydrogens (tertiary/aromatic N) is 9. The first-order valence-electron chi connectivity index (χ1n) is 51.2. The molecule has 30 nitrogen and oxygen atoms in total. The van der Waals surface area contributed by atoms with E-state index in [0.717, 1.165) is 220 Å². The molecule has 3 N–H and O–H groups in total. The number of aromatic nitrogens is 6. The summed E-state index contributed by atoms with van der Waals surface area (Å²) in [5.74, 6) is 3.88. The molecular formula is C106H147N12O18V3-3. The molecule has 0 spiro atoms. The Hall–Kier alpha value is -8.54. The maximum Gasteiger partial charge on any atom is 0.408 e. The smallest absolute Gasteiger partial charge is 0.408 e. The number of aryl methyl sites for hydroxylation is 3. The third kappa shape index (κ3) is 22.8. The van der Waals surface area contributed by atoms with E-state index in [2.05, 4.69) is 55.6 Å². The van der Waals surface area contributed by atoms with Crippen LogP contribution in [0.25, 0.3) is 33.1 Å². The molecule has 7 saturated carbocycles. The van der Waals surface area contributed by atoms with Crippen molar-refractivity contribution in [3.05, 3.63) is 71.7 Å². The molecule has 33 heteroatoms. The predicted octanol–water partition coefficient (Wildman–Crippen LogP) is 17.7. The van der Waals surface area contributed by atoms with Gasteiger partial charge in [-0.3, -0.25) is 14.4 Å². The fourth-order valence-electron chi connectivity index (χ4n) is 25.5. The normalized spacial score (nSPS) is 32.2. The van der Waals surface area contributed by atoms with Crippen LogP contribution in [0, 0.1) is 63.6 Å². The first-order valence-corrected chi connectivity index (χ1v) is 51.2. The number of carbonyl (C=O) groups is 6. The number of amides is 6. The number of rotatable bonds is 12. The Morgan fingerprint density at radius 3 is 1.09 bits per heavy atom. The van der Waals surface area contributed by atoms with Crippen molar-refractivity contribution < 1.29 is 146 Å². The van der Waals surface area contributed by atoms with Crippen molar-refractivity contribution in [1.29, 1.82) is 0 Å². The number of ether oxygens (including phenoxy) is 9. The van der Waals surface area contributed by atoms with Gasteiger partial charge < -0.3 is 87.7 Å². The summed E-state index contributed by atoms with van der Waals surface area (Å²) in [7, 11) is 4.85. The van der Waals surface area contributed by atoms with E-state index >= 15 is 0 Å². The molecule has 7 aliphatic carbocycles. The van der Waals surface area contributed by atoms with Crippen LogP contribution >= 0.6 is 0 Å². The molecular weight excluding hydrogens is 1880 g/mol. The zero-order valence-electron chi connectivity index (χ0n) is 82.9. The van der Waals surface area contributed by atoms with E-state index in [4.69, 9.17) is 72.5 Å². The third-order valence-corrected chi connectivity index (χ3v) is 34.1. The molecule has 6 aliphatic heterocycles. The monoisotopic (exact) mass is 2030 g/mol. The summed E-state index contributed by atoms with van der Waals surface area (Å²) in [6.45, 7) is 16.8. The quantitative estimate of drug-likeness (QED) is 0.0756. The summed E-state index contributed by atoms with van der Waals surface area (Å²) in [4.78, 5) is 156. The predicted molar refractivity (Wildman–Crippen MR) is 515 cm³/mol. The van der Waals surface area contributed by atoms with Crippen LogP contribution in [0.4, 0.5) is 14.4 Å². The zero-order valence-corrected chi connectivity index (χ0v) is 87.1. The summed E-state index contributed by atoms with van der Waals surface area (Å²) in [5.41, 5.74) is 4.23. The summed E-state index contributed by atoms with van der Waals surface area (Å²) < 4.78 is 54.6. The van der Waals surface area contributed by atoms with Crippen molar-refractivity contribution in [2.75, 3.05) is 41.0 Å². The van der Waals surface area contributed by atoms with Gasteiger partial charge in [0.05, 0.1) is 74.1 Å². The minimum atomic E-state index is -0.819. The molecule has 3 aromatic carbocycles. The molecule has 6 amide bonds. The summed E-state index contributed by atoms with van der Waals surface area (Å²) in [6, 6.07) is 12.1. The molecule has 139 heavy (non-hydrogen) atoms. The van der Waals surface area contributed by atoms with Gasteiger partial charge in [0.15, 0.2) is 0 Å².